The summed E-state index contributed by atoms with van der Waals surface area (Å²) >= 11 is 0. The molecule has 0 amide bonds. The molecule has 1 aromatic carbocycles. The second kappa shape index (κ2) is 9.68. The molecule has 5 nitrogen and oxygen atoms in total. The van der Waals surface area contributed by atoms with Crippen molar-refractivity contribution in [3.63, 3.8) is 0 Å². The number of hydrogen-bond donors (Lipinski definition) is 0. The molecule has 0 fully saturated rings. The van der Waals surface area contributed by atoms with Gasteiger partial charge in [0.2, 0.25) is 0 Å². The van der Waals surface area contributed by atoms with E-state index in [4.69, 9.17) is 9.47 Å². The van der Waals surface area contributed by atoms with Gasteiger partial charge in [-0.2, -0.15) is 13.2 Å². The van der Waals surface area contributed by atoms with Gasteiger partial charge in [-0.25, -0.2) is 4.79 Å². The Morgan fingerprint density at radius 3 is 2.71 bits per heavy atom. The van der Waals surface area contributed by atoms with E-state index >= 15 is 0 Å². The standard InChI is InChI=1S/C23H23F3N2O3/c1-3-22(29)31-15-16(12-23(24,25)26)14-30-19-8-7-17-10-20(18-6-5-9-27-13-18)28(4-2)21(17)11-19/h3,5-11,13,16H,1,4,12,14-15H2,2H3. The number of esters is 1. The smallest absolute Gasteiger partial charge is 0.389 e. The van der Waals surface area contributed by atoms with E-state index in [0.717, 1.165) is 28.2 Å². The lowest BCUT2D eigenvalue weighted by Gasteiger charge is -2.19. The van der Waals surface area contributed by atoms with Crippen LogP contribution >= 0.6 is 0 Å². The molecule has 2 aromatic heterocycles. The van der Waals surface area contributed by atoms with Gasteiger partial charge >= 0.3 is 12.1 Å². The molecular formula is C23H23F3N2O3. The molecule has 164 valence electrons. The lowest BCUT2D eigenvalue weighted by atomic mass is 10.1. The molecule has 31 heavy (non-hydrogen) atoms. The number of fused-ring (bicyclic) bond motifs is 1. The van der Waals surface area contributed by atoms with E-state index in [9.17, 15) is 18.0 Å². The van der Waals surface area contributed by atoms with Gasteiger partial charge in [0.05, 0.1) is 30.8 Å². The Bertz CT molecular complexity index is 1050. The van der Waals surface area contributed by atoms with Crippen molar-refractivity contribution in [1.82, 2.24) is 9.55 Å². The first-order valence-corrected chi connectivity index (χ1v) is 9.83. The fourth-order valence-electron chi connectivity index (χ4n) is 3.38. The third kappa shape index (κ3) is 5.87. The lowest BCUT2D eigenvalue weighted by Crippen LogP contribution is -2.25. The van der Waals surface area contributed by atoms with Gasteiger partial charge in [-0.05, 0) is 37.3 Å². The average molecular weight is 432 g/mol. The number of aromatic nitrogens is 2. The quantitative estimate of drug-likeness (QED) is 0.336. The number of pyridine rings is 1. The number of ether oxygens (including phenoxy) is 2. The first kappa shape index (κ1) is 22.4. The molecule has 0 aliphatic rings. The van der Waals surface area contributed by atoms with E-state index in [0.29, 0.717) is 12.3 Å². The summed E-state index contributed by atoms with van der Waals surface area (Å²) in [4.78, 5) is 15.4. The highest BCUT2D eigenvalue weighted by atomic mass is 19.4. The van der Waals surface area contributed by atoms with E-state index in [1.165, 1.54) is 0 Å². The SMILES string of the molecule is C=CC(=O)OCC(COc1ccc2cc(-c3cccnc3)n(CC)c2c1)CC(F)(F)F. The van der Waals surface area contributed by atoms with Crippen LogP contribution in [0.5, 0.6) is 5.75 Å². The number of aryl methyl sites for hydroxylation is 1. The van der Waals surface area contributed by atoms with Gasteiger partial charge in [-0.15, -0.1) is 0 Å². The second-order valence-corrected chi connectivity index (χ2v) is 7.07. The molecule has 2 heterocycles. The number of hydrogen-bond acceptors (Lipinski definition) is 4. The Labute approximate surface area is 178 Å². The number of alkyl halides is 3. The molecule has 0 radical (unpaired) electrons. The van der Waals surface area contributed by atoms with Crippen molar-refractivity contribution < 1.29 is 27.4 Å². The Balaban J connectivity index is 1.80. The topological polar surface area (TPSA) is 53.4 Å². The van der Waals surface area contributed by atoms with Crippen molar-refractivity contribution in [2.24, 2.45) is 5.92 Å². The zero-order chi connectivity index (χ0) is 22.4. The van der Waals surface area contributed by atoms with Crippen LogP contribution in [0.15, 0.2) is 61.4 Å². The maximum absolute atomic E-state index is 12.9. The summed E-state index contributed by atoms with van der Waals surface area (Å²) in [6.07, 6.45) is -1.11. The first-order chi connectivity index (χ1) is 14.8. The van der Waals surface area contributed by atoms with Crippen molar-refractivity contribution in [2.75, 3.05) is 13.2 Å². The van der Waals surface area contributed by atoms with Gasteiger partial charge in [0, 0.05) is 47.9 Å². The molecular weight excluding hydrogens is 409 g/mol. The molecule has 1 atom stereocenters. The van der Waals surface area contributed by atoms with Crippen LogP contribution < -0.4 is 4.74 Å². The van der Waals surface area contributed by atoms with Crippen LogP contribution in [0.1, 0.15) is 13.3 Å². The predicted octanol–water partition coefficient (Wildman–Crippen LogP) is 5.40. The molecule has 3 rings (SSSR count). The molecule has 0 aliphatic carbocycles. The highest BCUT2D eigenvalue weighted by Gasteiger charge is 2.33. The summed E-state index contributed by atoms with van der Waals surface area (Å²) in [5.41, 5.74) is 2.87. The number of rotatable bonds is 9. The van der Waals surface area contributed by atoms with Crippen LogP contribution in [0, 0.1) is 5.92 Å². The first-order valence-electron chi connectivity index (χ1n) is 9.83. The van der Waals surface area contributed by atoms with E-state index in [1.54, 1.807) is 24.5 Å². The molecule has 8 heteroatoms. The van der Waals surface area contributed by atoms with Crippen LogP contribution in [0.3, 0.4) is 0 Å². The third-order valence-corrected chi connectivity index (χ3v) is 4.78. The minimum atomic E-state index is -4.39. The summed E-state index contributed by atoms with van der Waals surface area (Å²) in [5.74, 6) is -1.35. The van der Waals surface area contributed by atoms with Crippen molar-refractivity contribution in [3.8, 4) is 17.0 Å². The fraction of sp³-hybridized carbons (Fsp3) is 0.304. The molecule has 3 aromatic rings. The Morgan fingerprint density at radius 2 is 2.06 bits per heavy atom. The summed E-state index contributed by atoms with van der Waals surface area (Å²) < 4.78 is 51.2. The minimum absolute atomic E-state index is 0.238. The van der Waals surface area contributed by atoms with Crippen molar-refractivity contribution in [3.05, 3.63) is 61.4 Å². The molecule has 0 bridgehead atoms. The predicted molar refractivity (Wildman–Crippen MR) is 112 cm³/mol. The zero-order valence-corrected chi connectivity index (χ0v) is 17.1. The van der Waals surface area contributed by atoms with Gasteiger partial charge in [-0.1, -0.05) is 6.58 Å². The number of carbonyl (C=O) groups excluding carboxylic acids is 1. The van der Waals surface area contributed by atoms with E-state index < -0.39 is 31.1 Å². The summed E-state index contributed by atoms with van der Waals surface area (Å²) in [5, 5.41) is 0.986. The van der Waals surface area contributed by atoms with Gasteiger partial charge in [0.1, 0.15) is 5.75 Å². The molecule has 0 saturated heterocycles. The van der Waals surface area contributed by atoms with Crippen LogP contribution in [0.25, 0.3) is 22.2 Å². The van der Waals surface area contributed by atoms with E-state index in [1.807, 2.05) is 31.2 Å². The summed E-state index contributed by atoms with van der Waals surface area (Å²) in [7, 11) is 0. The Hall–Kier alpha value is -3.29. The van der Waals surface area contributed by atoms with Gasteiger partial charge in [0.25, 0.3) is 0 Å². The van der Waals surface area contributed by atoms with Crippen LogP contribution in [-0.4, -0.2) is 34.9 Å². The molecule has 0 N–H and O–H groups in total. The number of carbonyl (C=O) groups is 1. The summed E-state index contributed by atoms with van der Waals surface area (Å²) in [6.45, 7) is 5.32. The number of halogens is 3. The van der Waals surface area contributed by atoms with E-state index in [2.05, 4.69) is 16.1 Å². The maximum Gasteiger partial charge on any atom is 0.389 e. The summed E-state index contributed by atoms with van der Waals surface area (Å²) in [6, 6.07) is 11.3. The van der Waals surface area contributed by atoms with Crippen LogP contribution in [0.4, 0.5) is 13.2 Å². The number of nitrogens with zero attached hydrogens (tertiary/aromatic N) is 2. The Kier molecular flexibility index (Phi) is 6.99. The fourth-order valence-corrected chi connectivity index (χ4v) is 3.38. The van der Waals surface area contributed by atoms with E-state index in [-0.39, 0.29) is 6.61 Å². The average Bonchev–Trinajstić information content (AvgIpc) is 3.13. The largest absolute Gasteiger partial charge is 0.493 e. The number of benzene rings is 1. The van der Waals surface area contributed by atoms with Crippen molar-refractivity contribution in [1.29, 1.82) is 0 Å². The van der Waals surface area contributed by atoms with Crippen LogP contribution in [0.2, 0.25) is 0 Å². The monoisotopic (exact) mass is 432 g/mol. The van der Waals surface area contributed by atoms with Crippen LogP contribution in [-0.2, 0) is 16.1 Å². The third-order valence-electron chi connectivity index (χ3n) is 4.78. The highest BCUT2D eigenvalue weighted by Crippen LogP contribution is 2.31. The second-order valence-electron chi connectivity index (χ2n) is 7.07. The van der Waals surface area contributed by atoms with Gasteiger partial charge < -0.3 is 14.0 Å². The highest BCUT2D eigenvalue weighted by molar-refractivity contribution is 5.88. The van der Waals surface area contributed by atoms with Crippen molar-refractivity contribution in [2.45, 2.75) is 26.1 Å². The molecule has 0 spiro atoms. The lowest BCUT2D eigenvalue weighted by molar-refractivity contribution is -0.157. The Morgan fingerprint density at radius 1 is 1.26 bits per heavy atom. The van der Waals surface area contributed by atoms with Gasteiger partial charge in [-0.3, -0.25) is 4.98 Å². The maximum atomic E-state index is 12.9. The normalized spacial score (nSPS) is 12.5. The van der Waals surface area contributed by atoms with Crippen molar-refractivity contribution >= 4 is 16.9 Å². The molecule has 1 unspecified atom stereocenters. The van der Waals surface area contributed by atoms with Gasteiger partial charge in [0.15, 0.2) is 0 Å². The minimum Gasteiger partial charge on any atom is -0.493 e. The molecule has 0 saturated carbocycles. The zero-order valence-electron chi connectivity index (χ0n) is 17.1. The molecule has 0 aliphatic heterocycles.